The predicted molar refractivity (Wildman–Crippen MR) is 129 cm³/mol. The van der Waals surface area contributed by atoms with Crippen molar-refractivity contribution in [1.29, 1.82) is 0 Å². The SMILES string of the molecule is CC1=C(c2ccc(C)s2)c2ccccc2C1C1C(=O)Nc2ccc(NC(=O)C(O)CO)cc21. The number of thiophene rings is 1. The largest absolute Gasteiger partial charge is 0.393 e. The molecule has 0 spiro atoms. The van der Waals surface area contributed by atoms with E-state index >= 15 is 0 Å². The van der Waals surface area contributed by atoms with Gasteiger partial charge >= 0.3 is 0 Å². The number of hydrogen-bond acceptors (Lipinski definition) is 5. The number of hydrogen-bond donors (Lipinski definition) is 4. The Morgan fingerprint density at radius 3 is 2.61 bits per heavy atom. The molecule has 0 radical (unpaired) electrons. The molecule has 6 nitrogen and oxygen atoms in total. The fourth-order valence-electron chi connectivity index (χ4n) is 4.93. The highest BCUT2D eigenvalue weighted by Crippen LogP contribution is 2.54. The summed E-state index contributed by atoms with van der Waals surface area (Å²) in [5, 5.41) is 24.2. The van der Waals surface area contributed by atoms with Crippen LogP contribution in [0, 0.1) is 6.92 Å². The molecule has 3 aromatic rings. The fraction of sp³-hybridized carbons (Fsp3) is 0.231. The lowest BCUT2D eigenvalue weighted by Crippen LogP contribution is -2.30. The number of benzene rings is 2. The fourth-order valence-corrected chi connectivity index (χ4v) is 5.92. The van der Waals surface area contributed by atoms with Gasteiger partial charge in [-0.1, -0.05) is 29.8 Å². The van der Waals surface area contributed by atoms with E-state index in [-0.39, 0.29) is 11.8 Å². The van der Waals surface area contributed by atoms with Crippen LogP contribution < -0.4 is 10.6 Å². The van der Waals surface area contributed by atoms with E-state index in [1.165, 1.54) is 15.3 Å². The first kappa shape index (κ1) is 21.6. The van der Waals surface area contributed by atoms with Gasteiger partial charge in [-0.15, -0.1) is 11.3 Å². The monoisotopic (exact) mass is 460 g/mol. The van der Waals surface area contributed by atoms with Crippen molar-refractivity contribution < 1.29 is 19.8 Å². The first-order valence-corrected chi connectivity index (χ1v) is 11.6. The van der Waals surface area contributed by atoms with Crippen molar-refractivity contribution in [1.82, 2.24) is 0 Å². The highest BCUT2D eigenvalue weighted by atomic mass is 32.1. The molecule has 5 rings (SSSR count). The van der Waals surface area contributed by atoms with Gasteiger partial charge in [0.1, 0.15) is 0 Å². The summed E-state index contributed by atoms with van der Waals surface area (Å²) in [7, 11) is 0. The first-order chi connectivity index (χ1) is 15.9. The Morgan fingerprint density at radius 1 is 1.09 bits per heavy atom. The Bertz CT molecular complexity index is 1310. The van der Waals surface area contributed by atoms with Crippen LogP contribution >= 0.6 is 11.3 Å². The Kier molecular flexibility index (Phi) is 5.40. The molecular weight excluding hydrogens is 436 g/mol. The van der Waals surface area contributed by atoms with Gasteiger partial charge in [-0.3, -0.25) is 9.59 Å². The van der Waals surface area contributed by atoms with Gasteiger partial charge in [0.2, 0.25) is 5.91 Å². The van der Waals surface area contributed by atoms with E-state index in [1.807, 2.05) is 12.1 Å². The van der Waals surface area contributed by atoms with E-state index in [2.05, 4.69) is 48.7 Å². The molecule has 0 saturated heterocycles. The summed E-state index contributed by atoms with van der Waals surface area (Å²) in [5.74, 6) is -1.34. The summed E-state index contributed by atoms with van der Waals surface area (Å²) in [5.41, 5.74) is 6.60. The molecule has 4 N–H and O–H groups in total. The van der Waals surface area contributed by atoms with Crippen molar-refractivity contribution in [3.8, 4) is 0 Å². The van der Waals surface area contributed by atoms with Gasteiger partial charge in [0, 0.05) is 27.0 Å². The second-order valence-electron chi connectivity index (χ2n) is 8.49. The van der Waals surface area contributed by atoms with E-state index in [4.69, 9.17) is 5.11 Å². The van der Waals surface area contributed by atoms with Crippen LogP contribution in [0.1, 0.15) is 45.2 Å². The molecule has 2 aromatic carbocycles. The molecule has 0 saturated carbocycles. The normalized spacial score (nSPS) is 19.8. The van der Waals surface area contributed by atoms with Crippen LogP contribution in [-0.2, 0) is 9.59 Å². The molecule has 7 heteroatoms. The molecule has 3 unspecified atom stereocenters. The van der Waals surface area contributed by atoms with Gasteiger partial charge in [-0.25, -0.2) is 0 Å². The van der Waals surface area contributed by atoms with Gasteiger partial charge < -0.3 is 20.8 Å². The zero-order valence-electron chi connectivity index (χ0n) is 18.3. The number of aryl methyl sites for hydroxylation is 1. The van der Waals surface area contributed by atoms with Crippen LogP contribution in [0.15, 0.2) is 60.2 Å². The lowest BCUT2D eigenvalue weighted by Gasteiger charge is -2.21. The molecule has 2 amide bonds. The molecule has 1 aliphatic heterocycles. The zero-order valence-corrected chi connectivity index (χ0v) is 19.1. The lowest BCUT2D eigenvalue weighted by molar-refractivity contribution is -0.125. The minimum Gasteiger partial charge on any atom is -0.393 e. The second-order valence-corrected chi connectivity index (χ2v) is 9.78. The number of anilines is 2. The van der Waals surface area contributed by atoms with E-state index in [0.29, 0.717) is 5.69 Å². The number of allylic oxidation sites excluding steroid dienone is 1. The van der Waals surface area contributed by atoms with Gasteiger partial charge in [-0.05, 0) is 66.4 Å². The van der Waals surface area contributed by atoms with Crippen molar-refractivity contribution in [2.75, 3.05) is 17.2 Å². The van der Waals surface area contributed by atoms with Crippen molar-refractivity contribution >= 4 is 40.1 Å². The van der Waals surface area contributed by atoms with Crippen LogP contribution in [0.3, 0.4) is 0 Å². The van der Waals surface area contributed by atoms with Crippen LogP contribution in [0.5, 0.6) is 0 Å². The topological polar surface area (TPSA) is 98.7 Å². The maximum absolute atomic E-state index is 13.2. The number of carbonyl (C=O) groups is 2. The minimum atomic E-state index is -1.50. The van der Waals surface area contributed by atoms with E-state index in [0.717, 1.165) is 28.0 Å². The Balaban J connectivity index is 1.59. The quantitative estimate of drug-likeness (QED) is 0.463. The van der Waals surface area contributed by atoms with E-state index < -0.39 is 24.5 Å². The van der Waals surface area contributed by atoms with Crippen LogP contribution in [0.25, 0.3) is 5.57 Å². The Morgan fingerprint density at radius 2 is 1.88 bits per heavy atom. The molecule has 1 aromatic heterocycles. The van der Waals surface area contributed by atoms with Crippen molar-refractivity contribution in [2.24, 2.45) is 0 Å². The highest BCUT2D eigenvalue weighted by molar-refractivity contribution is 7.13. The molecule has 1 aliphatic carbocycles. The summed E-state index contributed by atoms with van der Waals surface area (Å²) < 4.78 is 0. The van der Waals surface area contributed by atoms with Gasteiger partial charge in [0.25, 0.3) is 5.91 Å². The zero-order chi connectivity index (χ0) is 23.3. The molecule has 2 heterocycles. The number of nitrogens with one attached hydrogen (secondary N) is 2. The molecule has 33 heavy (non-hydrogen) atoms. The molecule has 0 fully saturated rings. The number of aliphatic hydroxyl groups excluding tert-OH is 2. The van der Waals surface area contributed by atoms with Crippen molar-refractivity contribution in [3.63, 3.8) is 0 Å². The smallest absolute Gasteiger partial charge is 0.255 e. The standard InChI is InChI=1S/C26H24N2O4S/c1-13-7-10-21(33-13)22-14(2)23(17-6-4-3-5-16(17)22)24-18-11-15(27-25(31)20(30)12-29)8-9-19(18)28-26(24)32/h3-11,20,23-24,29-30H,12H2,1-2H3,(H,27,31)(H,28,32). The molecule has 168 valence electrons. The van der Waals surface area contributed by atoms with Gasteiger partial charge in [-0.2, -0.15) is 0 Å². The predicted octanol–water partition coefficient (Wildman–Crippen LogP) is 4.00. The molecule has 0 bridgehead atoms. The average molecular weight is 461 g/mol. The van der Waals surface area contributed by atoms with E-state index in [1.54, 1.807) is 29.5 Å². The second kappa shape index (κ2) is 8.26. The Labute approximate surface area is 195 Å². The highest BCUT2D eigenvalue weighted by Gasteiger charge is 2.43. The van der Waals surface area contributed by atoms with Crippen LogP contribution in [0.2, 0.25) is 0 Å². The molecule has 2 aliphatic rings. The summed E-state index contributed by atoms with van der Waals surface area (Å²) >= 11 is 1.75. The van der Waals surface area contributed by atoms with Gasteiger partial charge in [0.15, 0.2) is 6.10 Å². The number of aliphatic hydroxyl groups is 2. The Hall–Kier alpha value is -3.26. The maximum Gasteiger partial charge on any atom is 0.255 e. The van der Waals surface area contributed by atoms with Crippen molar-refractivity contribution in [3.05, 3.63) is 86.6 Å². The van der Waals surface area contributed by atoms with Crippen LogP contribution in [0.4, 0.5) is 11.4 Å². The first-order valence-electron chi connectivity index (χ1n) is 10.8. The lowest BCUT2D eigenvalue weighted by atomic mass is 9.80. The molecule has 3 atom stereocenters. The summed E-state index contributed by atoms with van der Waals surface area (Å²) in [6, 6.07) is 17.7. The third-order valence-electron chi connectivity index (χ3n) is 6.42. The summed E-state index contributed by atoms with van der Waals surface area (Å²) in [6.07, 6.45) is -1.50. The number of fused-ring (bicyclic) bond motifs is 2. The van der Waals surface area contributed by atoms with Gasteiger partial charge in [0.05, 0.1) is 12.5 Å². The third kappa shape index (κ3) is 3.58. The third-order valence-corrected chi connectivity index (χ3v) is 7.43. The summed E-state index contributed by atoms with van der Waals surface area (Å²) in [6.45, 7) is 3.53. The summed E-state index contributed by atoms with van der Waals surface area (Å²) in [4.78, 5) is 27.7. The molecular formula is C26H24N2O4S. The maximum atomic E-state index is 13.2. The number of rotatable bonds is 5. The van der Waals surface area contributed by atoms with E-state index in [9.17, 15) is 14.7 Å². The average Bonchev–Trinajstić information content (AvgIpc) is 3.45. The number of carbonyl (C=O) groups excluding carboxylic acids is 2. The number of amides is 2. The minimum absolute atomic E-state index is 0.0772. The van der Waals surface area contributed by atoms with Crippen molar-refractivity contribution in [2.45, 2.75) is 31.8 Å². The van der Waals surface area contributed by atoms with Crippen LogP contribution in [-0.4, -0.2) is 34.7 Å².